The molecule has 8 heteroatoms. The number of carbonyl (C=O) groups is 2. The molecule has 1 atom stereocenters. The molecular formula is C18H17N3O4S. The smallest absolute Gasteiger partial charge is 0.326 e. The van der Waals surface area contributed by atoms with Crippen LogP contribution < -0.4 is 5.32 Å². The lowest BCUT2D eigenvalue weighted by molar-refractivity contribution is -0.144. The van der Waals surface area contributed by atoms with Crippen molar-refractivity contribution in [1.29, 1.82) is 0 Å². The van der Waals surface area contributed by atoms with Gasteiger partial charge in [0.2, 0.25) is 0 Å². The van der Waals surface area contributed by atoms with Gasteiger partial charge in [0, 0.05) is 10.9 Å². The van der Waals surface area contributed by atoms with Crippen LogP contribution in [0.3, 0.4) is 0 Å². The summed E-state index contributed by atoms with van der Waals surface area (Å²) in [5.41, 5.74) is 4.13. The predicted molar refractivity (Wildman–Crippen MR) is 99.6 cm³/mol. The Labute approximate surface area is 153 Å². The lowest BCUT2D eigenvalue weighted by atomic mass is 9.99. The summed E-state index contributed by atoms with van der Waals surface area (Å²) < 4.78 is 0. The van der Waals surface area contributed by atoms with Crippen LogP contribution in [0.5, 0.6) is 0 Å². The largest absolute Gasteiger partial charge is 0.481 e. The van der Waals surface area contributed by atoms with Crippen LogP contribution in [0, 0.1) is 13.8 Å². The Hall–Kier alpha value is -3.00. The minimum absolute atomic E-state index is 0.319. The number of fused-ring (bicyclic) bond motifs is 1. The highest BCUT2D eigenvalue weighted by Gasteiger charge is 2.23. The number of hydrogen-bond acceptors (Lipinski definition) is 6. The fourth-order valence-electron chi connectivity index (χ4n) is 2.84. The topological polar surface area (TPSA) is 112 Å². The molecule has 0 bridgehead atoms. The summed E-state index contributed by atoms with van der Waals surface area (Å²) in [6, 6.07) is 4.81. The number of rotatable bonds is 6. The molecule has 0 aliphatic heterocycles. The number of aryl methyl sites for hydroxylation is 2. The van der Waals surface area contributed by atoms with Crippen molar-refractivity contribution in [3.63, 3.8) is 0 Å². The van der Waals surface area contributed by atoms with Gasteiger partial charge in [-0.2, -0.15) is 0 Å². The highest BCUT2D eigenvalue weighted by atomic mass is 32.1. The van der Waals surface area contributed by atoms with Gasteiger partial charge < -0.3 is 15.5 Å². The number of benzene rings is 1. The average molecular weight is 371 g/mol. The Kier molecular flexibility index (Phi) is 4.85. The lowest BCUT2D eigenvalue weighted by Crippen LogP contribution is -2.32. The molecule has 26 heavy (non-hydrogen) atoms. The van der Waals surface area contributed by atoms with E-state index >= 15 is 0 Å². The molecule has 3 aromatic rings. The zero-order valence-electron chi connectivity index (χ0n) is 14.2. The Morgan fingerprint density at radius 1 is 1.19 bits per heavy atom. The zero-order chi connectivity index (χ0) is 18.8. The maximum Gasteiger partial charge on any atom is 0.326 e. The predicted octanol–water partition coefficient (Wildman–Crippen LogP) is 3.31. The van der Waals surface area contributed by atoms with Gasteiger partial charge in [0.25, 0.3) is 0 Å². The lowest BCUT2D eigenvalue weighted by Gasteiger charge is -2.14. The van der Waals surface area contributed by atoms with Gasteiger partial charge in [0.1, 0.15) is 23.0 Å². The molecule has 0 spiro atoms. The van der Waals surface area contributed by atoms with E-state index in [0.29, 0.717) is 16.0 Å². The van der Waals surface area contributed by atoms with Crippen LogP contribution in [0.2, 0.25) is 0 Å². The zero-order valence-corrected chi connectivity index (χ0v) is 15.0. The number of carboxylic acids is 2. The first-order chi connectivity index (χ1) is 12.4. The third-order valence-corrected chi connectivity index (χ3v) is 4.92. The molecule has 0 amide bonds. The molecule has 0 aliphatic carbocycles. The summed E-state index contributed by atoms with van der Waals surface area (Å²) in [6.07, 6.45) is 0.788. The average Bonchev–Trinajstić information content (AvgIpc) is 2.98. The molecule has 7 nitrogen and oxygen atoms in total. The van der Waals surface area contributed by atoms with Gasteiger partial charge in [0.15, 0.2) is 0 Å². The fraction of sp³-hybridized carbons (Fsp3) is 0.222. The number of nitrogens with one attached hydrogen (secondary N) is 1. The molecule has 0 fully saturated rings. The second-order valence-corrected chi connectivity index (χ2v) is 6.86. The van der Waals surface area contributed by atoms with Crippen molar-refractivity contribution in [3.8, 4) is 11.1 Å². The van der Waals surface area contributed by atoms with E-state index in [2.05, 4.69) is 21.4 Å². The molecular weight excluding hydrogens is 354 g/mol. The monoisotopic (exact) mass is 371 g/mol. The summed E-state index contributed by atoms with van der Waals surface area (Å²) in [5, 5.41) is 23.6. The number of nitrogens with zero attached hydrogens (tertiary/aromatic N) is 2. The molecule has 2 aromatic heterocycles. The van der Waals surface area contributed by atoms with E-state index in [1.807, 2.05) is 31.4 Å². The van der Waals surface area contributed by atoms with Crippen LogP contribution in [0.1, 0.15) is 17.5 Å². The first kappa shape index (κ1) is 17.8. The molecule has 0 aliphatic rings. The minimum Gasteiger partial charge on any atom is -0.481 e. The quantitative estimate of drug-likeness (QED) is 0.609. The van der Waals surface area contributed by atoms with Crippen molar-refractivity contribution in [2.24, 2.45) is 0 Å². The number of aliphatic carboxylic acids is 2. The summed E-state index contributed by atoms with van der Waals surface area (Å²) >= 11 is 1.43. The van der Waals surface area contributed by atoms with Crippen LogP contribution in [0.4, 0.5) is 5.82 Å². The molecule has 1 aromatic carbocycles. The third kappa shape index (κ3) is 3.50. The van der Waals surface area contributed by atoms with Crippen molar-refractivity contribution in [2.45, 2.75) is 26.3 Å². The molecule has 0 saturated carbocycles. The van der Waals surface area contributed by atoms with E-state index in [9.17, 15) is 14.7 Å². The first-order valence-corrected chi connectivity index (χ1v) is 8.75. The molecule has 2 heterocycles. The van der Waals surface area contributed by atoms with E-state index in [0.717, 1.165) is 22.3 Å². The normalized spacial score (nSPS) is 12.1. The molecule has 1 unspecified atom stereocenters. The van der Waals surface area contributed by atoms with Crippen LogP contribution in [0.15, 0.2) is 29.9 Å². The number of thiophene rings is 1. The molecule has 134 valence electrons. The van der Waals surface area contributed by atoms with Gasteiger partial charge >= 0.3 is 11.9 Å². The second kappa shape index (κ2) is 7.09. The summed E-state index contributed by atoms with van der Waals surface area (Å²) in [5.74, 6) is -2.13. The molecule has 3 rings (SSSR count). The number of hydrogen-bond donors (Lipinski definition) is 3. The molecule has 3 N–H and O–H groups in total. The van der Waals surface area contributed by atoms with Crippen molar-refractivity contribution >= 4 is 39.3 Å². The van der Waals surface area contributed by atoms with Crippen molar-refractivity contribution < 1.29 is 19.8 Å². The fourth-order valence-corrected chi connectivity index (χ4v) is 3.75. The number of carboxylic acid groups (broad SMARTS) is 2. The molecule has 0 radical (unpaired) electrons. The van der Waals surface area contributed by atoms with E-state index < -0.39 is 24.4 Å². The Bertz CT molecular complexity index is 999. The number of anilines is 1. The van der Waals surface area contributed by atoms with Gasteiger partial charge in [-0.05, 0) is 25.0 Å². The highest BCUT2D eigenvalue weighted by Crippen LogP contribution is 2.38. The maximum atomic E-state index is 11.4. The molecule has 0 saturated heterocycles. The van der Waals surface area contributed by atoms with Crippen molar-refractivity contribution in [2.75, 3.05) is 5.32 Å². The van der Waals surface area contributed by atoms with Crippen molar-refractivity contribution in [1.82, 2.24) is 9.97 Å². The van der Waals surface area contributed by atoms with E-state index in [1.54, 1.807) is 0 Å². The van der Waals surface area contributed by atoms with Gasteiger partial charge in [-0.15, -0.1) is 11.3 Å². The van der Waals surface area contributed by atoms with Crippen LogP contribution in [-0.2, 0) is 9.59 Å². The summed E-state index contributed by atoms with van der Waals surface area (Å²) in [7, 11) is 0. The van der Waals surface area contributed by atoms with Gasteiger partial charge in [-0.1, -0.05) is 23.8 Å². The van der Waals surface area contributed by atoms with Crippen LogP contribution >= 0.6 is 11.3 Å². The third-order valence-electron chi connectivity index (χ3n) is 4.03. The minimum atomic E-state index is -1.28. The van der Waals surface area contributed by atoms with Gasteiger partial charge in [-0.3, -0.25) is 4.79 Å². The highest BCUT2D eigenvalue weighted by molar-refractivity contribution is 7.17. The summed E-state index contributed by atoms with van der Waals surface area (Å²) in [6.45, 7) is 4.02. The Morgan fingerprint density at radius 3 is 2.62 bits per heavy atom. The summed E-state index contributed by atoms with van der Waals surface area (Å²) in [4.78, 5) is 31.5. The number of aromatic nitrogens is 2. The van der Waals surface area contributed by atoms with Crippen LogP contribution in [0.25, 0.3) is 21.3 Å². The van der Waals surface area contributed by atoms with E-state index in [1.165, 1.54) is 17.7 Å². The van der Waals surface area contributed by atoms with E-state index in [-0.39, 0.29) is 0 Å². The van der Waals surface area contributed by atoms with Gasteiger partial charge in [0.05, 0.1) is 11.8 Å². The van der Waals surface area contributed by atoms with Crippen LogP contribution in [-0.4, -0.2) is 38.2 Å². The van der Waals surface area contributed by atoms with Gasteiger partial charge in [-0.25, -0.2) is 14.8 Å². The first-order valence-electron chi connectivity index (χ1n) is 7.87. The maximum absolute atomic E-state index is 11.4. The van der Waals surface area contributed by atoms with Crippen molar-refractivity contribution in [3.05, 3.63) is 41.0 Å². The second-order valence-electron chi connectivity index (χ2n) is 6.00. The Balaban J connectivity index is 2.11. The Morgan fingerprint density at radius 2 is 1.96 bits per heavy atom. The SMILES string of the molecule is Cc1ccc(-c2csc3ncnc(NC(CC(=O)O)C(=O)O)c23)c(C)c1. The van der Waals surface area contributed by atoms with E-state index in [4.69, 9.17) is 5.11 Å². The standard InChI is InChI=1S/C18H17N3O4S/c1-9-3-4-11(10(2)5-9)12-7-26-17-15(12)16(19-8-20-17)21-13(18(24)25)6-14(22)23/h3-5,7-8,13H,6H2,1-2H3,(H,22,23)(H,24,25)(H,19,20,21).